The summed E-state index contributed by atoms with van der Waals surface area (Å²) in [7, 11) is 0. The summed E-state index contributed by atoms with van der Waals surface area (Å²) in [5, 5.41) is 10.5. The van der Waals surface area contributed by atoms with E-state index >= 15 is 0 Å². The van der Waals surface area contributed by atoms with Gasteiger partial charge < -0.3 is 0 Å². The highest BCUT2D eigenvalue weighted by molar-refractivity contribution is 9.10. The number of hydrogen-bond acceptors (Lipinski definition) is 4. The fraction of sp³-hybridized carbons (Fsp3) is 0.208. The average molecular weight is 465 g/mol. The number of carbonyl (C=O) groups excluding carboxylic acids is 1. The Morgan fingerprint density at radius 1 is 1.10 bits per heavy atom. The molecular weight excluding hydrogens is 444 g/mol. The Labute approximate surface area is 184 Å². The van der Waals surface area contributed by atoms with Crippen LogP contribution in [0.2, 0.25) is 0 Å². The largest absolute Gasteiger partial charge is 0.293 e. The van der Waals surface area contributed by atoms with Crippen molar-refractivity contribution in [3.05, 3.63) is 82.0 Å². The van der Waals surface area contributed by atoms with Gasteiger partial charge in [0.05, 0.1) is 11.3 Å². The molecule has 0 saturated heterocycles. The number of ketones is 1. The van der Waals surface area contributed by atoms with Crippen LogP contribution in [-0.2, 0) is 5.41 Å². The Hall–Kier alpha value is -2.42. The first-order valence-corrected chi connectivity index (χ1v) is 11.0. The van der Waals surface area contributed by atoms with Crippen LogP contribution in [0.4, 0.5) is 0 Å². The Balaban J connectivity index is 1.99. The zero-order valence-electron chi connectivity index (χ0n) is 16.6. The van der Waals surface area contributed by atoms with Crippen LogP contribution in [0.15, 0.2) is 70.2 Å². The van der Waals surface area contributed by atoms with E-state index < -0.39 is 0 Å². The topological polar surface area (TPSA) is 53.8 Å². The predicted octanol–water partition coefficient (Wildman–Crippen LogP) is 6.66. The Kier molecular flexibility index (Phi) is 6.56. The van der Waals surface area contributed by atoms with Gasteiger partial charge >= 0.3 is 0 Å². The van der Waals surface area contributed by atoms with Crippen LogP contribution in [0.3, 0.4) is 0 Å². The molecule has 1 heterocycles. The second-order valence-electron chi connectivity index (χ2n) is 7.68. The molecule has 0 N–H and O–H groups in total. The molecule has 0 aliphatic heterocycles. The third kappa shape index (κ3) is 5.14. The minimum absolute atomic E-state index is 0.00983. The van der Waals surface area contributed by atoms with Crippen molar-refractivity contribution in [2.75, 3.05) is 5.75 Å². The summed E-state index contributed by atoms with van der Waals surface area (Å²) in [5.74, 6) is 0.237. The van der Waals surface area contributed by atoms with Crippen LogP contribution in [-0.4, -0.2) is 16.5 Å². The van der Waals surface area contributed by atoms with Gasteiger partial charge in [-0.15, -0.1) is 0 Å². The van der Waals surface area contributed by atoms with Crippen LogP contribution in [0, 0.1) is 11.3 Å². The van der Waals surface area contributed by atoms with E-state index in [0.29, 0.717) is 16.2 Å². The van der Waals surface area contributed by atoms with E-state index in [2.05, 4.69) is 42.8 Å². The van der Waals surface area contributed by atoms with Gasteiger partial charge in [0, 0.05) is 26.7 Å². The van der Waals surface area contributed by atoms with Gasteiger partial charge in [0.1, 0.15) is 11.1 Å². The highest BCUT2D eigenvalue weighted by Gasteiger charge is 2.22. The predicted molar refractivity (Wildman–Crippen MR) is 122 cm³/mol. The molecule has 3 nitrogen and oxygen atoms in total. The lowest BCUT2D eigenvalue weighted by atomic mass is 9.89. The molecule has 146 valence electrons. The highest BCUT2D eigenvalue weighted by Crippen LogP contribution is 2.34. The highest BCUT2D eigenvalue weighted by atomic mass is 79.9. The maximum Gasteiger partial charge on any atom is 0.173 e. The smallest absolute Gasteiger partial charge is 0.173 e. The Bertz CT molecular complexity index is 1070. The van der Waals surface area contributed by atoms with Crippen LogP contribution in [0.1, 0.15) is 42.4 Å². The molecule has 29 heavy (non-hydrogen) atoms. The van der Waals surface area contributed by atoms with E-state index in [0.717, 1.165) is 21.3 Å². The first kappa shape index (κ1) is 21.3. The van der Waals surface area contributed by atoms with E-state index in [1.54, 1.807) is 12.1 Å². The number of Topliss-reactive ketones (excluding diaryl/α,β-unsaturated/α-hetero) is 1. The third-order valence-corrected chi connectivity index (χ3v) is 5.96. The molecule has 0 unspecified atom stereocenters. The van der Waals surface area contributed by atoms with Crippen molar-refractivity contribution in [3.8, 4) is 17.2 Å². The standard InChI is InChI=1S/C24H21BrN2OS/c1-24(2,3)22-13-19(16-7-5-4-6-8-16)20(14-26)23(27-22)29-15-21(28)17-9-11-18(25)12-10-17/h4-13H,15H2,1-3H3. The quantitative estimate of drug-likeness (QED) is 0.313. The molecule has 0 bridgehead atoms. The molecular formula is C24H21BrN2OS. The van der Waals surface area contributed by atoms with Crippen molar-refractivity contribution in [1.82, 2.24) is 4.98 Å². The first-order chi connectivity index (χ1) is 13.8. The molecule has 0 atom stereocenters. The number of benzene rings is 2. The molecule has 0 radical (unpaired) electrons. The molecule has 0 aliphatic carbocycles. The first-order valence-electron chi connectivity index (χ1n) is 9.22. The minimum atomic E-state index is -0.178. The summed E-state index contributed by atoms with van der Waals surface area (Å²) in [6, 6.07) is 21.5. The fourth-order valence-electron chi connectivity index (χ4n) is 2.82. The third-order valence-electron chi connectivity index (χ3n) is 4.46. The van der Waals surface area contributed by atoms with Gasteiger partial charge in [-0.2, -0.15) is 5.26 Å². The molecule has 5 heteroatoms. The lowest BCUT2D eigenvalue weighted by Gasteiger charge is -2.21. The molecule has 3 aromatic rings. The monoisotopic (exact) mass is 464 g/mol. The lowest BCUT2D eigenvalue weighted by molar-refractivity contribution is 0.102. The van der Waals surface area contributed by atoms with Crippen LogP contribution in [0.5, 0.6) is 0 Å². The fourth-order valence-corrected chi connectivity index (χ4v) is 3.98. The van der Waals surface area contributed by atoms with Gasteiger partial charge in [-0.1, -0.05) is 90.9 Å². The van der Waals surface area contributed by atoms with Crippen molar-refractivity contribution in [3.63, 3.8) is 0 Å². The Morgan fingerprint density at radius 3 is 2.34 bits per heavy atom. The van der Waals surface area contributed by atoms with Crippen molar-refractivity contribution in [2.45, 2.75) is 31.2 Å². The summed E-state index contributed by atoms with van der Waals surface area (Å²) in [6.07, 6.45) is 0. The molecule has 2 aromatic carbocycles. The van der Waals surface area contributed by atoms with Crippen LogP contribution in [0.25, 0.3) is 11.1 Å². The van der Waals surface area contributed by atoms with Crippen molar-refractivity contribution < 1.29 is 4.79 Å². The summed E-state index contributed by atoms with van der Waals surface area (Å²) < 4.78 is 0.931. The van der Waals surface area contributed by atoms with E-state index in [1.165, 1.54) is 11.8 Å². The molecule has 0 spiro atoms. The number of aromatic nitrogens is 1. The number of rotatable bonds is 5. The second kappa shape index (κ2) is 8.94. The Morgan fingerprint density at radius 2 is 1.76 bits per heavy atom. The van der Waals surface area contributed by atoms with Gasteiger partial charge in [0.15, 0.2) is 5.78 Å². The van der Waals surface area contributed by atoms with Gasteiger partial charge in [-0.05, 0) is 23.8 Å². The maximum atomic E-state index is 12.6. The maximum absolute atomic E-state index is 12.6. The molecule has 3 rings (SSSR count). The number of carbonyl (C=O) groups is 1. The van der Waals surface area contributed by atoms with E-state index in [1.807, 2.05) is 48.5 Å². The zero-order valence-corrected chi connectivity index (χ0v) is 19.0. The van der Waals surface area contributed by atoms with E-state index in [4.69, 9.17) is 4.98 Å². The van der Waals surface area contributed by atoms with Gasteiger partial charge in [0.25, 0.3) is 0 Å². The SMILES string of the molecule is CC(C)(C)c1cc(-c2ccccc2)c(C#N)c(SCC(=O)c2ccc(Br)cc2)n1. The molecule has 0 fully saturated rings. The van der Waals surface area contributed by atoms with E-state index in [9.17, 15) is 10.1 Å². The van der Waals surface area contributed by atoms with Crippen molar-refractivity contribution in [1.29, 1.82) is 5.26 Å². The number of nitriles is 1. The molecule has 0 amide bonds. The summed E-state index contributed by atoms with van der Waals surface area (Å²) in [4.78, 5) is 17.4. The van der Waals surface area contributed by atoms with Gasteiger partial charge in [-0.25, -0.2) is 4.98 Å². The molecule has 0 aliphatic rings. The number of pyridine rings is 1. The summed E-state index contributed by atoms with van der Waals surface area (Å²) in [6.45, 7) is 6.28. The molecule has 1 aromatic heterocycles. The molecule has 0 saturated carbocycles. The lowest BCUT2D eigenvalue weighted by Crippen LogP contribution is -2.15. The number of hydrogen-bond donors (Lipinski definition) is 0. The van der Waals surface area contributed by atoms with Crippen molar-refractivity contribution in [2.24, 2.45) is 0 Å². The average Bonchev–Trinajstić information content (AvgIpc) is 2.71. The normalized spacial score (nSPS) is 11.1. The van der Waals surface area contributed by atoms with Crippen LogP contribution >= 0.6 is 27.7 Å². The van der Waals surface area contributed by atoms with Gasteiger partial charge in [0.2, 0.25) is 0 Å². The van der Waals surface area contributed by atoms with Crippen molar-refractivity contribution >= 4 is 33.5 Å². The summed E-state index contributed by atoms with van der Waals surface area (Å²) >= 11 is 4.71. The number of halogens is 1. The summed E-state index contributed by atoms with van der Waals surface area (Å²) in [5.41, 5.74) is 3.70. The number of thioether (sulfide) groups is 1. The van der Waals surface area contributed by atoms with E-state index in [-0.39, 0.29) is 17.0 Å². The van der Waals surface area contributed by atoms with Crippen LogP contribution < -0.4 is 0 Å². The zero-order chi connectivity index (χ0) is 21.0. The minimum Gasteiger partial charge on any atom is -0.293 e. The number of nitrogens with zero attached hydrogens (tertiary/aromatic N) is 2. The second-order valence-corrected chi connectivity index (χ2v) is 9.56. The van der Waals surface area contributed by atoms with Gasteiger partial charge in [-0.3, -0.25) is 4.79 Å².